The smallest absolute Gasteiger partial charge is 0.237 e. The number of rotatable bonds is 6. The lowest BCUT2D eigenvalue weighted by Crippen LogP contribution is -2.31. The molecule has 0 aromatic rings. The Hall–Kier alpha value is -0.720. The zero-order chi connectivity index (χ0) is 12.1. The molecule has 0 aromatic carbocycles. The lowest BCUT2D eigenvalue weighted by Gasteiger charge is -2.24. The number of aliphatic hydroxyl groups is 1. The number of hydrogen-bond acceptors (Lipinski definition) is 6. The summed E-state index contributed by atoms with van der Waals surface area (Å²) in [7, 11) is 3.28. The van der Waals surface area contributed by atoms with E-state index in [4.69, 9.17) is 4.74 Å². The molecule has 6 heteroatoms. The summed E-state index contributed by atoms with van der Waals surface area (Å²) in [6.07, 6.45) is 0.0156. The third kappa shape index (κ3) is 3.13. The number of thioether (sulfide) groups is 1. The van der Waals surface area contributed by atoms with Crippen molar-refractivity contribution < 1.29 is 9.84 Å². The van der Waals surface area contributed by atoms with Gasteiger partial charge in [0.15, 0.2) is 0 Å². The Labute approximate surface area is 101 Å². The van der Waals surface area contributed by atoms with Gasteiger partial charge in [-0.2, -0.15) is 0 Å². The largest absolute Gasteiger partial charge is 0.374 e. The van der Waals surface area contributed by atoms with Crippen LogP contribution in [0.2, 0.25) is 0 Å². The molecule has 0 bridgehead atoms. The van der Waals surface area contributed by atoms with Crippen molar-refractivity contribution in [1.82, 2.24) is 10.2 Å². The molecule has 0 saturated carbocycles. The summed E-state index contributed by atoms with van der Waals surface area (Å²) in [4.78, 5) is 5.54. The number of methoxy groups -OCH3 is 1. The summed E-state index contributed by atoms with van der Waals surface area (Å²) in [6.45, 7) is 6.19. The minimum atomic E-state index is -0.907. The van der Waals surface area contributed by atoms with Crippen LogP contribution in [0.4, 0.5) is 0 Å². The van der Waals surface area contributed by atoms with Crippen LogP contribution < -0.4 is 5.32 Å². The molecule has 0 spiro atoms. The second kappa shape index (κ2) is 6.12. The fourth-order valence-electron chi connectivity index (χ4n) is 1.50. The van der Waals surface area contributed by atoms with E-state index in [1.165, 1.54) is 7.11 Å². The van der Waals surface area contributed by atoms with Crippen molar-refractivity contribution >= 4 is 18.5 Å². The fourth-order valence-corrected chi connectivity index (χ4v) is 2.72. The Morgan fingerprint density at radius 2 is 2.44 bits per heavy atom. The van der Waals surface area contributed by atoms with E-state index in [0.717, 1.165) is 23.7 Å². The fraction of sp³-hybridized carbons (Fsp3) is 0.700. The van der Waals surface area contributed by atoms with E-state index in [1.807, 2.05) is 6.92 Å². The summed E-state index contributed by atoms with van der Waals surface area (Å²) < 4.78 is 4.87. The van der Waals surface area contributed by atoms with Gasteiger partial charge in [-0.25, -0.2) is 0 Å². The van der Waals surface area contributed by atoms with Crippen LogP contribution in [0.1, 0.15) is 13.3 Å². The first kappa shape index (κ1) is 13.3. The maximum absolute atomic E-state index is 9.57. The average Bonchev–Trinajstić information content (AvgIpc) is 2.65. The van der Waals surface area contributed by atoms with Crippen molar-refractivity contribution in [2.45, 2.75) is 25.1 Å². The minimum absolute atomic E-state index is 0.298. The molecular weight excluding hydrogens is 226 g/mol. The molecular formula is C10H19N3O2S. The molecule has 2 N–H and O–H groups in total. The predicted octanol–water partition coefficient (Wildman–Crippen LogP) is 0.783. The topological polar surface area (TPSA) is 57.1 Å². The molecule has 0 aliphatic carbocycles. The van der Waals surface area contributed by atoms with Crippen LogP contribution in [-0.2, 0) is 4.74 Å². The number of aliphatic imine (C=N–C) groups is 1. The first-order valence-electron chi connectivity index (χ1n) is 5.10. The van der Waals surface area contributed by atoms with Crippen LogP contribution in [0, 0.1) is 0 Å². The van der Waals surface area contributed by atoms with Crippen LogP contribution in [0.25, 0.3) is 0 Å². The molecule has 5 nitrogen and oxygen atoms in total. The van der Waals surface area contributed by atoms with Crippen LogP contribution in [0.3, 0.4) is 0 Å². The zero-order valence-corrected chi connectivity index (χ0v) is 10.8. The Bertz CT molecular complexity index is 283. The van der Waals surface area contributed by atoms with Gasteiger partial charge >= 0.3 is 0 Å². The number of aliphatic hydroxyl groups excluding tert-OH is 1. The van der Waals surface area contributed by atoms with E-state index in [1.54, 1.807) is 23.7 Å². The van der Waals surface area contributed by atoms with Crippen molar-refractivity contribution in [1.29, 1.82) is 0 Å². The van der Waals surface area contributed by atoms with Crippen molar-refractivity contribution in [2.75, 3.05) is 20.7 Å². The Morgan fingerprint density at radius 3 is 3.00 bits per heavy atom. The van der Waals surface area contributed by atoms with Crippen molar-refractivity contribution in [3.05, 3.63) is 10.7 Å². The van der Waals surface area contributed by atoms with Crippen LogP contribution in [0.15, 0.2) is 15.7 Å². The molecule has 0 fully saturated rings. The van der Waals surface area contributed by atoms with Gasteiger partial charge in [-0.1, -0.05) is 11.8 Å². The SMILES string of the molecule is C=NCCC1NC(C)=C(N(C)C(O)OC)S1. The number of ether oxygens (including phenoxy) is 1. The summed E-state index contributed by atoms with van der Waals surface area (Å²) >= 11 is 1.68. The normalized spacial score (nSPS) is 21.9. The van der Waals surface area contributed by atoms with Gasteiger partial charge in [-0.15, -0.1) is 0 Å². The highest BCUT2D eigenvalue weighted by molar-refractivity contribution is 8.03. The molecule has 1 heterocycles. The second-order valence-corrected chi connectivity index (χ2v) is 4.78. The molecule has 2 atom stereocenters. The third-order valence-electron chi connectivity index (χ3n) is 2.36. The van der Waals surface area contributed by atoms with E-state index in [9.17, 15) is 5.11 Å². The standard InChI is InChI=1S/C10H19N3O2S/c1-7-9(13(3)10(14)15-4)16-8(12-7)5-6-11-2/h8,10,12,14H,2,5-6H2,1,3-4H3. The molecule has 0 amide bonds. The van der Waals surface area contributed by atoms with Gasteiger partial charge in [0.25, 0.3) is 0 Å². The van der Waals surface area contributed by atoms with Crippen molar-refractivity contribution in [3.8, 4) is 0 Å². The monoisotopic (exact) mass is 245 g/mol. The van der Waals surface area contributed by atoms with Crippen molar-refractivity contribution in [2.24, 2.45) is 4.99 Å². The van der Waals surface area contributed by atoms with Gasteiger partial charge in [0.05, 0.1) is 10.4 Å². The zero-order valence-electron chi connectivity index (χ0n) is 9.93. The maximum atomic E-state index is 9.57. The van der Waals surface area contributed by atoms with E-state index >= 15 is 0 Å². The van der Waals surface area contributed by atoms with E-state index in [2.05, 4.69) is 17.0 Å². The molecule has 16 heavy (non-hydrogen) atoms. The van der Waals surface area contributed by atoms with Crippen LogP contribution in [0.5, 0.6) is 0 Å². The van der Waals surface area contributed by atoms with Gasteiger partial charge in [0.2, 0.25) is 6.41 Å². The molecule has 1 aliphatic heterocycles. The van der Waals surface area contributed by atoms with Gasteiger partial charge in [0, 0.05) is 26.4 Å². The third-order valence-corrected chi connectivity index (χ3v) is 3.82. The summed E-state index contributed by atoms with van der Waals surface area (Å²) in [5.41, 5.74) is 1.05. The van der Waals surface area contributed by atoms with Crippen LogP contribution in [-0.4, -0.2) is 49.2 Å². The second-order valence-electron chi connectivity index (χ2n) is 3.59. The molecule has 92 valence electrons. The van der Waals surface area contributed by atoms with E-state index < -0.39 is 6.41 Å². The number of nitrogens with one attached hydrogen (secondary N) is 1. The predicted molar refractivity (Wildman–Crippen MR) is 67.0 cm³/mol. The summed E-state index contributed by atoms with van der Waals surface area (Å²) in [6, 6.07) is 0. The molecule has 2 unspecified atom stereocenters. The highest BCUT2D eigenvalue weighted by atomic mass is 32.2. The maximum Gasteiger partial charge on any atom is 0.237 e. The first-order chi connectivity index (χ1) is 7.60. The highest BCUT2D eigenvalue weighted by Crippen LogP contribution is 2.34. The summed E-state index contributed by atoms with van der Waals surface area (Å²) in [5, 5.41) is 14.2. The average molecular weight is 245 g/mol. The van der Waals surface area contributed by atoms with E-state index in [0.29, 0.717) is 5.37 Å². The quantitative estimate of drug-likeness (QED) is 0.535. The Morgan fingerprint density at radius 1 is 1.75 bits per heavy atom. The first-order valence-corrected chi connectivity index (χ1v) is 5.98. The van der Waals surface area contributed by atoms with Crippen LogP contribution >= 0.6 is 11.8 Å². The molecule has 0 radical (unpaired) electrons. The molecule has 1 aliphatic rings. The number of nitrogens with zero attached hydrogens (tertiary/aromatic N) is 2. The molecule has 0 saturated heterocycles. The van der Waals surface area contributed by atoms with Crippen molar-refractivity contribution in [3.63, 3.8) is 0 Å². The minimum Gasteiger partial charge on any atom is -0.374 e. The van der Waals surface area contributed by atoms with E-state index in [-0.39, 0.29) is 0 Å². The number of hydrogen-bond donors (Lipinski definition) is 2. The highest BCUT2D eigenvalue weighted by Gasteiger charge is 2.26. The van der Waals surface area contributed by atoms with Gasteiger partial charge < -0.3 is 25.1 Å². The molecule has 1 rings (SSSR count). The van der Waals surface area contributed by atoms with Gasteiger partial charge in [0.1, 0.15) is 0 Å². The Kier molecular flexibility index (Phi) is 5.11. The Balaban J connectivity index is 2.54. The lowest BCUT2D eigenvalue weighted by atomic mass is 10.4. The molecule has 0 aromatic heterocycles. The number of allylic oxidation sites excluding steroid dienone is 1. The van der Waals surface area contributed by atoms with Gasteiger partial charge in [-0.05, 0) is 20.1 Å². The van der Waals surface area contributed by atoms with Gasteiger partial charge in [-0.3, -0.25) is 0 Å². The summed E-state index contributed by atoms with van der Waals surface area (Å²) in [5.74, 6) is 0. The lowest BCUT2D eigenvalue weighted by molar-refractivity contribution is -0.152.